The standard InChI is InChI=1S/C10H11ClN4/c11-10-12-9(14-5-1-2-6-14)8-4-3-7-15(8)13-10/h3-4,7H,1-2,5-6H2. The van der Waals surface area contributed by atoms with Crippen LogP contribution >= 0.6 is 11.6 Å². The van der Waals surface area contributed by atoms with Crippen molar-refractivity contribution in [3.8, 4) is 0 Å². The van der Waals surface area contributed by atoms with E-state index < -0.39 is 0 Å². The van der Waals surface area contributed by atoms with Gasteiger partial charge in [0, 0.05) is 19.3 Å². The minimum Gasteiger partial charge on any atom is -0.355 e. The first-order chi connectivity index (χ1) is 7.34. The number of aromatic nitrogens is 3. The van der Waals surface area contributed by atoms with Gasteiger partial charge in [-0.05, 0) is 36.6 Å². The number of fused-ring (bicyclic) bond motifs is 1. The SMILES string of the molecule is Clc1nc(N2CCCC2)c2cccn2n1. The molecule has 0 unspecified atom stereocenters. The molecular formula is C10H11ClN4. The lowest BCUT2D eigenvalue weighted by Gasteiger charge is -2.17. The largest absolute Gasteiger partial charge is 0.355 e. The van der Waals surface area contributed by atoms with Gasteiger partial charge in [-0.1, -0.05) is 0 Å². The molecule has 0 N–H and O–H groups in total. The molecule has 0 spiro atoms. The average molecular weight is 223 g/mol. The van der Waals surface area contributed by atoms with Crippen molar-refractivity contribution in [3.63, 3.8) is 0 Å². The van der Waals surface area contributed by atoms with Crippen LogP contribution in [0.2, 0.25) is 5.28 Å². The third-order valence-corrected chi connectivity index (χ3v) is 2.91. The van der Waals surface area contributed by atoms with Crippen molar-refractivity contribution in [3.05, 3.63) is 23.6 Å². The molecule has 4 nitrogen and oxygen atoms in total. The van der Waals surface area contributed by atoms with Crippen LogP contribution in [0, 0.1) is 0 Å². The molecular weight excluding hydrogens is 212 g/mol. The van der Waals surface area contributed by atoms with Crippen LogP contribution in [0.15, 0.2) is 18.3 Å². The topological polar surface area (TPSA) is 33.4 Å². The molecule has 1 fully saturated rings. The normalized spacial score (nSPS) is 16.5. The minimum absolute atomic E-state index is 0.306. The van der Waals surface area contributed by atoms with E-state index in [0.717, 1.165) is 24.4 Å². The fraction of sp³-hybridized carbons (Fsp3) is 0.400. The van der Waals surface area contributed by atoms with E-state index in [0.29, 0.717) is 5.28 Å². The third kappa shape index (κ3) is 1.45. The molecule has 3 heterocycles. The molecule has 0 saturated carbocycles. The van der Waals surface area contributed by atoms with Gasteiger partial charge in [0.05, 0.1) is 0 Å². The Hall–Kier alpha value is -1.29. The molecule has 0 atom stereocenters. The van der Waals surface area contributed by atoms with Crippen molar-refractivity contribution in [2.45, 2.75) is 12.8 Å². The Kier molecular flexibility index (Phi) is 2.02. The highest BCUT2D eigenvalue weighted by atomic mass is 35.5. The number of hydrogen-bond donors (Lipinski definition) is 0. The van der Waals surface area contributed by atoms with Gasteiger partial charge in [-0.15, -0.1) is 5.10 Å². The molecule has 1 aliphatic rings. The Labute approximate surface area is 92.5 Å². The van der Waals surface area contributed by atoms with Crippen molar-refractivity contribution in [1.29, 1.82) is 0 Å². The Bertz CT molecular complexity index is 487. The summed E-state index contributed by atoms with van der Waals surface area (Å²) >= 11 is 5.89. The summed E-state index contributed by atoms with van der Waals surface area (Å²) in [5.41, 5.74) is 1.03. The number of anilines is 1. The maximum absolute atomic E-state index is 5.89. The van der Waals surface area contributed by atoms with E-state index >= 15 is 0 Å². The van der Waals surface area contributed by atoms with E-state index in [1.165, 1.54) is 12.8 Å². The quantitative estimate of drug-likeness (QED) is 0.740. The number of halogens is 1. The first-order valence-corrected chi connectivity index (χ1v) is 5.48. The monoisotopic (exact) mass is 222 g/mol. The van der Waals surface area contributed by atoms with Crippen molar-refractivity contribution >= 4 is 22.9 Å². The van der Waals surface area contributed by atoms with E-state index in [9.17, 15) is 0 Å². The Balaban J connectivity index is 2.18. The highest BCUT2D eigenvalue weighted by Gasteiger charge is 2.17. The van der Waals surface area contributed by atoms with Crippen LogP contribution in [0.25, 0.3) is 5.52 Å². The molecule has 2 aromatic heterocycles. The lowest BCUT2D eigenvalue weighted by molar-refractivity contribution is 0.865. The molecule has 2 aromatic rings. The van der Waals surface area contributed by atoms with Crippen LogP contribution in [0.5, 0.6) is 0 Å². The molecule has 0 amide bonds. The zero-order valence-electron chi connectivity index (χ0n) is 8.23. The van der Waals surface area contributed by atoms with Crippen molar-refractivity contribution in [2.24, 2.45) is 0 Å². The maximum Gasteiger partial charge on any atom is 0.243 e. The lowest BCUT2D eigenvalue weighted by atomic mass is 10.4. The fourth-order valence-corrected chi connectivity index (χ4v) is 2.22. The van der Waals surface area contributed by atoms with E-state index in [-0.39, 0.29) is 0 Å². The molecule has 1 saturated heterocycles. The summed E-state index contributed by atoms with van der Waals surface area (Å²) in [6, 6.07) is 3.98. The average Bonchev–Trinajstić information content (AvgIpc) is 2.86. The van der Waals surface area contributed by atoms with E-state index in [2.05, 4.69) is 15.0 Å². The highest BCUT2D eigenvalue weighted by Crippen LogP contribution is 2.24. The first kappa shape index (κ1) is 8.97. The number of nitrogens with zero attached hydrogens (tertiary/aromatic N) is 4. The molecule has 78 valence electrons. The second-order valence-electron chi connectivity index (χ2n) is 3.74. The molecule has 3 rings (SSSR count). The van der Waals surface area contributed by atoms with E-state index in [1.54, 1.807) is 4.52 Å². The van der Waals surface area contributed by atoms with Crippen molar-refractivity contribution < 1.29 is 0 Å². The van der Waals surface area contributed by atoms with Gasteiger partial charge in [0.15, 0.2) is 5.82 Å². The zero-order chi connectivity index (χ0) is 10.3. The summed E-state index contributed by atoms with van der Waals surface area (Å²) < 4.78 is 1.78. The Morgan fingerprint density at radius 3 is 2.87 bits per heavy atom. The minimum atomic E-state index is 0.306. The maximum atomic E-state index is 5.89. The summed E-state index contributed by atoms with van der Waals surface area (Å²) in [6.45, 7) is 2.13. The molecule has 0 bridgehead atoms. The molecule has 1 aliphatic heterocycles. The summed E-state index contributed by atoms with van der Waals surface area (Å²) in [5, 5.41) is 4.42. The predicted molar refractivity (Wildman–Crippen MR) is 59.4 cm³/mol. The summed E-state index contributed by atoms with van der Waals surface area (Å²) in [6.07, 6.45) is 4.35. The van der Waals surface area contributed by atoms with Crippen LogP contribution in [-0.2, 0) is 0 Å². The van der Waals surface area contributed by atoms with Crippen LogP contribution in [0.1, 0.15) is 12.8 Å². The van der Waals surface area contributed by atoms with Crippen LogP contribution in [0.4, 0.5) is 5.82 Å². The smallest absolute Gasteiger partial charge is 0.243 e. The molecule has 0 aromatic carbocycles. The number of rotatable bonds is 1. The van der Waals surface area contributed by atoms with Gasteiger partial charge in [0.2, 0.25) is 5.28 Å². The third-order valence-electron chi connectivity index (χ3n) is 2.75. The van der Waals surface area contributed by atoms with Crippen molar-refractivity contribution in [1.82, 2.24) is 14.6 Å². The first-order valence-electron chi connectivity index (χ1n) is 5.10. The van der Waals surface area contributed by atoms with Gasteiger partial charge >= 0.3 is 0 Å². The molecule has 5 heteroatoms. The molecule has 0 radical (unpaired) electrons. The zero-order valence-corrected chi connectivity index (χ0v) is 8.98. The predicted octanol–water partition coefficient (Wildman–Crippen LogP) is 1.98. The lowest BCUT2D eigenvalue weighted by Crippen LogP contribution is -2.20. The molecule has 15 heavy (non-hydrogen) atoms. The Morgan fingerprint density at radius 2 is 2.07 bits per heavy atom. The highest BCUT2D eigenvalue weighted by molar-refractivity contribution is 6.28. The van der Waals surface area contributed by atoms with Crippen LogP contribution < -0.4 is 4.90 Å². The molecule has 0 aliphatic carbocycles. The second kappa shape index (κ2) is 3.38. The summed E-state index contributed by atoms with van der Waals surface area (Å²) in [4.78, 5) is 6.58. The van der Waals surface area contributed by atoms with Gasteiger partial charge in [0.25, 0.3) is 0 Å². The van der Waals surface area contributed by atoms with Gasteiger partial charge in [-0.3, -0.25) is 0 Å². The summed E-state index contributed by atoms with van der Waals surface area (Å²) in [7, 11) is 0. The summed E-state index contributed by atoms with van der Waals surface area (Å²) in [5.74, 6) is 0.956. The van der Waals surface area contributed by atoms with Gasteiger partial charge in [-0.2, -0.15) is 4.98 Å². The van der Waals surface area contributed by atoms with Gasteiger partial charge in [0.1, 0.15) is 5.52 Å². The fourth-order valence-electron chi connectivity index (χ4n) is 2.05. The number of hydrogen-bond acceptors (Lipinski definition) is 3. The van der Waals surface area contributed by atoms with Gasteiger partial charge in [-0.25, -0.2) is 4.52 Å². The van der Waals surface area contributed by atoms with E-state index in [1.807, 2.05) is 18.3 Å². The van der Waals surface area contributed by atoms with Crippen LogP contribution in [-0.4, -0.2) is 27.7 Å². The van der Waals surface area contributed by atoms with E-state index in [4.69, 9.17) is 11.6 Å². The van der Waals surface area contributed by atoms with Crippen molar-refractivity contribution in [2.75, 3.05) is 18.0 Å². The second-order valence-corrected chi connectivity index (χ2v) is 4.07. The Morgan fingerprint density at radius 1 is 1.27 bits per heavy atom. The van der Waals surface area contributed by atoms with Gasteiger partial charge < -0.3 is 4.90 Å². The van der Waals surface area contributed by atoms with Crippen LogP contribution in [0.3, 0.4) is 0 Å².